The second-order valence-electron chi connectivity index (χ2n) is 6.21. The number of piperidine rings is 1. The highest BCUT2D eigenvalue weighted by atomic mass is 19.1. The number of rotatable bonds is 4. The van der Waals surface area contributed by atoms with E-state index in [1.165, 1.54) is 16.7 Å². The molecule has 0 unspecified atom stereocenters. The van der Waals surface area contributed by atoms with Gasteiger partial charge in [-0.1, -0.05) is 23.8 Å². The first kappa shape index (κ1) is 15.9. The minimum absolute atomic E-state index is 0.107. The molecule has 122 valence electrons. The highest BCUT2D eigenvalue weighted by Crippen LogP contribution is 2.19. The molecule has 0 radical (unpaired) electrons. The number of benzene rings is 1. The third-order valence-corrected chi connectivity index (χ3v) is 4.30. The maximum Gasteiger partial charge on any atom is 0.316 e. The van der Waals surface area contributed by atoms with Crippen LogP contribution in [0.1, 0.15) is 29.5 Å². The molecule has 1 aromatic heterocycles. The SMILES string of the molecule is Cc1ccc(C)c(CN2CCC(Oc3ncc(F)cn3)CC2)c1. The highest BCUT2D eigenvalue weighted by molar-refractivity contribution is 5.30. The Kier molecular flexibility index (Phi) is 4.86. The van der Waals surface area contributed by atoms with E-state index >= 15 is 0 Å². The zero-order valence-electron chi connectivity index (χ0n) is 13.6. The monoisotopic (exact) mass is 315 g/mol. The summed E-state index contributed by atoms with van der Waals surface area (Å²) in [7, 11) is 0. The number of ether oxygens (including phenoxy) is 1. The predicted molar refractivity (Wildman–Crippen MR) is 86.8 cm³/mol. The summed E-state index contributed by atoms with van der Waals surface area (Å²) >= 11 is 0. The highest BCUT2D eigenvalue weighted by Gasteiger charge is 2.21. The van der Waals surface area contributed by atoms with Crippen LogP contribution in [0, 0.1) is 19.7 Å². The second kappa shape index (κ2) is 7.04. The summed E-state index contributed by atoms with van der Waals surface area (Å²) in [4.78, 5) is 10.2. The molecule has 0 aliphatic carbocycles. The van der Waals surface area contributed by atoms with Gasteiger partial charge in [-0.15, -0.1) is 0 Å². The Morgan fingerprint density at radius 3 is 2.57 bits per heavy atom. The molecular formula is C18H22FN3O. The van der Waals surface area contributed by atoms with E-state index < -0.39 is 5.82 Å². The fraction of sp³-hybridized carbons (Fsp3) is 0.444. The third-order valence-electron chi connectivity index (χ3n) is 4.30. The van der Waals surface area contributed by atoms with E-state index in [0.29, 0.717) is 0 Å². The number of aromatic nitrogens is 2. The van der Waals surface area contributed by atoms with Gasteiger partial charge in [-0.05, 0) is 37.8 Å². The minimum atomic E-state index is -0.444. The lowest BCUT2D eigenvalue weighted by Crippen LogP contribution is -2.38. The summed E-state index contributed by atoms with van der Waals surface area (Å²) < 4.78 is 18.5. The van der Waals surface area contributed by atoms with Gasteiger partial charge >= 0.3 is 6.01 Å². The molecule has 0 atom stereocenters. The Labute approximate surface area is 136 Å². The van der Waals surface area contributed by atoms with Crippen LogP contribution in [0.25, 0.3) is 0 Å². The first-order valence-corrected chi connectivity index (χ1v) is 8.03. The van der Waals surface area contributed by atoms with E-state index in [9.17, 15) is 4.39 Å². The van der Waals surface area contributed by atoms with Crippen LogP contribution in [0.2, 0.25) is 0 Å². The van der Waals surface area contributed by atoms with Crippen molar-refractivity contribution in [3.05, 3.63) is 53.1 Å². The Hall–Kier alpha value is -2.01. The number of halogens is 1. The second-order valence-corrected chi connectivity index (χ2v) is 6.21. The number of likely N-dealkylation sites (tertiary alicyclic amines) is 1. The van der Waals surface area contributed by atoms with Crippen molar-refractivity contribution in [1.29, 1.82) is 0 Å². The van der Waals surface area contributed by atoms with Crippen molar-refractivity contribution in [2.75, 3.05) is 13.1 Å². The van der Waals surface area contributed by atoms with Gasteiger partial charge in [0.1, 0.15) is 6.10 Å². The van der Waals surface area contributed by atoms with Gasteiger partial charge in [0.2, 0.25) is 0 Å². The summed E-state index contributed by atoms with van der Waals surface area (Å²) in [5.74, 6) is -0.444. The van der Waals surface area contributed by atoms with Crippen molar-refractivity contribution >= 4 is 0 Å². The van der Waals surface area contributed by atoms with Crippen LogP contribution in [-0.2, 0) is 6.54 Å². The van der Waals surface area contributed by atoms with Crippen molar-refractivity contribution < 1.29 is 9.13 Å². The zero-order chi connectivity index (χ0) is 16.2. The molecule has 0 N–H and O–H groups in total. The van der Waals surface area contributed by atoms with E-state index in [4.69, 9.17) is 4.74 Å². The molecule has 1 saturated heterocycles. The van der Waals surface area contributed by atoms with Gasteiger partial charge in [0.05, 0.1) is 12.4 Å². The van der Waals surface area contributed by atoms with Crippen LogP contribution in [0.4, 0.5) is 4.39 Å². The van der Waals surface area contributed by atoms with Gasteiger partial charge in [-0.2, -0.15) is 0 Å². The van der Waals surface area contributed by atoms with Crippen molar-refractivity contribution in [3.8, 4) is 6.01 Å². The molecule has 3 rings (SSSR count). The number of nitrogens with zero attached hydrogens (tertiary/aromatic N) is 3. The van der Waals surface area contributed by atoms with Crippen molar-refractivity contribution in [2.24, 2.45) is 0 Å². The summed E-state index contributed by atoms with van der Waals surface area (Å²) in [5.41, 5.74) is 4.04. The average molecular weight is 315 g/mol. The average Bonchev–Trinajstić information content (AvgIpc) is 2.55. The molecule has 2 aromatic rings. The van der Waals surface area contributed by atoms with Crippen molar-refractivity contribution in [1.82, 2.24) is 14.9 Å². The van der Waals surface area contributed by atoms with Crippen LogP contribution in [0.3, 0.4) is 0 Å². The normalized spacial score (nSPS) is 16.5. The topological polar surface area (TPSA) is 38.2 Å². The lowest BCUT2D eigenvalue weighted by atomic mass is 10.0. The maximum atomic E-state index is 12.8. The molecule has 0 bridgehead atoms. The number of aryl methyl sites for hydroxylation is 2. The molecule has 1 aliphatic heterocycles. The van der Waals surface area contributed by atoms with Gasteiger partial charge in [0.15, 0.2) is 5.82 Å². The van der Waals surface area contributed by atoms with Gasteiger partial charge in [-0.3, -0.25) is 4.90 Å². The molecule has 5 heteroatoms. The summed E-state index contributed by atoms with van der Waals surface area (Å²) in [6.45, 7) is 7.24. The van der Waals surface area contributed by atoms with Gasteiger partial charge < -0.3 is 4.74 Å². The quantitative estimate of drug-likeness (QED) is 0.868. The van der Waals surface area contributed by atoms with Crippen molar-refractivity contribution in [2.45, 2.75) is 39.3 Å². The van der Waals surface area contributed by atoms with E-state index in [1.807, 2.05) is 0 Å². The summed E-state index contributed by atoms with van der Waals surface area (Å²) in [5, 5.41) is 0. The molecule has 1 fully saturated rings. The van der Waals surface area contributed by atoms with Gasteiger partial charge in [0, 0.05) is 19.6 Å². The third kappa shape index (κ3) is 4.26. The van der Waals surface area contributed by atoms with Crippen LogP contribution in [0.15, 0.2) is 30.6 Å². The lowest BCUT2D eigenvalue weighted by Gasteiger charge is -2.32. The largest absolute Gasteiger partial charge is 0.460 e. The standard InChI is InChI=1S/C18H22FN3O/c1-13-3-4-14(2)15(9-13)12-22-7-5-17(6-8-22)23-18-20-10-16(19)11-21-18/h3-4,9-11,17H,5-8,12H2,1-2H3. The minimum Gasteiger partial charge on any atom is -0.460 e. The van der Waals surface area contributed by atoms with Crippen LogP contribution in [0.5, 0.6) is 6.01 Å². The maximum absolute atomic E-state index is 12.8. The van der Waals surface area contributed by atoms with Gasteiger partial charge in [0.25, 0.3) is 0 Å². The van der Waals surface area contributed by atoms with Gasteiger partial charge in [-0.25, -0.2) is 14.4 Å². The summed E-state index contributed by atoms with van der Waals surface area (Å²) in [6.07, 6.45) is 4.25. The molecule has 0 spiro atoms. The van der Waals surface area contributed by atoms with Crippen LogP contribution < -0.4 is 4.74 Å². The zero-order valence-corrected chi connectivity index (χ0v) is 13.6. The molecular weight excluding hydrogens is 293 g/mol. The molecule has 0 saturated carbocycles. The molecule has 4 nitrogen and oxygen atoms in total. The predicted octanol–water partition coefficient (Wildman–Crippen LogP) is 3.28. The molecule has 1 aliphatic rings. The Morgan fingerprint density at radius 1 is 1.17 bits per heavy atom. The molecule has 0 amide bonds. The van der Waals surface area contributed by atoms with E-state index in [1.54, 1.807) is 0 Å². The smallest absolute Gasteiger partial charge is 0.316 e. The number of hydrogen-bond donors (Lipinski definition) is 0. The van der Waals surface area contributed by atoms with E-state index in [0.717, 1.165) is 44.9 Å². The first-order chi connectivity index (χ1) is 11.1. The fourth-order valence-electron chi connectivity index (χ4n) is 2.91. The molecule has 2 heterocycles. The summed E-state index contributed by atoms with van der Waals surface area (Å²) in [6, 6.07) is 6.87. The number of hydrogen-bond acceptors (Lipinski definition) is 4. The Morgan fingerprint density at radius 2 is 1.87 bits per heavy atom. The van der Waals surface area contributed by atoms with Crippen molar-refractivity contribution in [3.63, 3.8) is 0 Å². The Bertz CT molecular complexity index is 652. The Balaban J connectivity index is 1.52. The van der Waals surface area contributed by atoms with E-state index in [2.05, 4.69) is 46.9 Å². The fourth-order valence-corrected chi connectivity index (χ4v) is 2.91. The van der Waals surface area contributed by atoms with Crippen LogP contribution >= 0.6 is 0 Å². The first-order valence-electron chi connectivity index (χ1n) is 8.03. The molecule has 1 aromatic carbocycles. The van der Waals surface area contributed by atoms with Crippen LogP contribution in [-0.4, -0.2) is 34.1 Å². The molecule has 23 heavy (non-hydrogen) atoms. The lowest BCUT2D eigenvalue weighted by molar-refractivity contribution is 0.0889. The van der Waals surface area contributed by atoms with E-state index in [-0.39, 0.29) is 12.1 Å².